The van der Waals surface area contributed by atoms with E-state index in [1.165, 1.54) is 4.57 Å². The summed E-state index contributed by atoms with van der Waals surface area (Å²) in [7, 11) is -3.09. The molecule has 3 heterocycles. The summed E-state index contributed by atoms with van der Waals surface area (Å²) in [5.41, 5.74) is 4.33. The second-order valence-electron chi connectivity index (χ2n) is 7.67. The molecule has 0 radical (unpaired) electrons. The van der Waals surface area contributed by atoms with Gasteiger partial charge in [0.05, 0.1) is 17.3 Å². The molecule has 1 saturated heterocycles. The number of aromatic amines is 1. The lowest BCUT2D eigenvalue weighted by Crippen LogP contribution is -2.36. The summed E-state index contributed by atoms with van der Waals surface area (Å²) in [5, 5.41) is 8.69. The fourth-order valence-electron chi connectivity index (χ4n) is 3.74. The van der Waals surface area contributed by atoms with Gasteiger partial charge in [0, 0.05) is 18.5 Å². The second kappa shape index (κ2) is 8.11. The third kappa shape index (κ3) is 4.24. The van der Waals surface area contributed by atoms with Gasteiger partial charge in [-0.3, -0.25) is 19.1 Å². The van der Waals surface area contributed by atoms with Crippen molar-refractivity contribution in [1.29, 1.82) is 0 Å². The number of hydrogen-bond acceptors (Lipinski definition) is 9. The highest BCUT2D eigenvalue weighted by molar-refractivity contribution is 7.99. The van der Waals surface area contributed by atoms with Gasteiger partial charge in [-0.15, -0.1) is 16.8 Å². The standard InChI is InChI=1S/C18H22N6O5S2/c1-2-6-23-15(10-5-7-31(28,29)9-10)21-22-18(23)30-8-12(25)13-14(19)24(11-3-4-11)17(27)20-16(13)26/h2,10-11H,1,3-9,19H2,(H,20,26,27)/t10-/m0/s1. The Hall–Kier alpha value is -2.67. The number of Topliss-reactive ketones (excluding diaryl/α,β-unsaturated/α-hetero) is 1. The van der Waals surface area contributed by atoms with Gasteiger partial charge >= 0.3 is 5.69 Å². The molecule has 31 heavy (non-hydrogen) atoms. The molecule has 166 valence electrons. The van der Waals surface area contributed by atoms with Crippen LogP contribution in [-0.2, 0) is 16.4 Å². The quantitative estimate of drug-likeness (QED) is 0.312. The van der Waals surface area contributed by atoms with E-state index in [-0.39, 0.29) is 40.6 Å². The molecule has 1 aliphatic carbocycles. The Balaban J connectivity index is 1.57. The zero-order chi connectivity index (χ0) is 22.3. The molecule has 2 aliphatic rings. The van der Waals surface area contributed by atoms with Crippen molar-refractivity contribution in [2.45, 2.75) is 42.9 Å². The van der Waals surface area contributed by atoms with E-state index in [1.807, 2.05) is 0 Å². The van der Waals surface area contributed by atoms with Gasteiger partial charge in [-0.2, -0.15) is 0 Å². The number of nitrogen functional groups attached to an aromatic ring is 1. The molecule has 4 rings (SSSR count). The number of carbonyl (C=O) groups is 1. The van der Waals surface area contributed by atoms with E-state index >= 15 is 0 Å². The number of hydrogen-bond donors (Lipinski definition) is 2. The fourth-order valence-corrected chi connectivity index (χ4v) is 6.31. The van der Waals surface area contributed by atoms with Crippen LogP contribution in [0.5, 0.6) is 0 Å². The number of ketones is 1. The van der Waals surface area contributed by atoms with Crippen LogP contribution in [0.15, 0.2) is 27.4 Å². The Kier molecular flexibility index (Phi) is 5.64. The van der Waals surface area contributed by atoms with Gasteiger partial charge in [0.1, 0.15) is 17.2 Å². The smallest absolute Gasteiger partial charge is 0.330 e. The number of aromatic nitrogens is 5. The Morgan fingerprint density at radius 1 is 1.29 bits per heavy atom. The van der Waals surface area contributed by atoms with Crippen LogP contribution >= 0.6 is 11.8 Å². The molecule has 13 heteroatoms. The van der Waals surface area contributed by atoms with Crippen molar-refractivity contribution in [3.63, 3.8) is 0 Å². The van der Waals surface area contributed by atoms with Gasteiger partial charge in [0.15, 0.2) is 20.8 Å². The van der Waals surface area contributed by atoms with E-state index in [1.54, 1.807) is 10.6 Å². The summed E-state index contributed by atoms with van der Waals surface area (Å²) in [6, 6.07) is -0.0931. The van der Waals surface area contributed by atoms with Crippen LogP contribution in [0.25, 0.3) is 0 Å². The van der Waals surface area contributed by atoms with Crippen molar-refractivity contribution in [2.24, 2.45) is 0 Å². The lowest BCUT2D eigenvalue weighted by molar-refractivity contribution is 0.102. The van der Waals surface area contributed by atoms with Crippen molar-refractivity contribution in [1.82, 2.24) is 24.3 Å². The third-order valence-corrected chi connectivity index (χ3v) is 8.09. The van der Waals surface area contributed by atoms with Gasteiger partial charge in [-0.25, -0.2) is 13.2 Å². The van der Waals surface area contributed by atoms with E-state index in [2.05, 4.69) is 21.8 Å². The van der Waals surface area contributed by atoms with Crippen LogP contribution < -0.4 is 17.0 Å². The number of thioether (sulfide) groups is 1. The van der Waals surface area contributed by atoms with Gasteiger partial charge in [0.25, 0.3) is 5.56 Å². The SMILES string of the molecule is C=CCn1c(SCC(=O)c2c(N)n(C3CC3)c(=O)[nH]c2=O)nnc1[C@H]1CCS(=O)(=O)C1. The molecule has 0 bridgehead atoms. The summed E-state index contributed by atoms with van der Waals surface area (Å²) < 4.78 is 26.7. The Bertz CT molecular complexity index is 1270. The normalized spacial score (nSPS) is 20.1. The molecule has 11 nitrogen and oxygen atoms in total. The predicted octanol–water partition coefficient (Wildman–Crippen LogP) is 0.108. The highest BCUT2D eigenvalue weighted by Crippen LogP contribution is 2.35. The summed E-state index contributed by atoms with van der Waals surface area (Å²) >= 11 is 1.07. The number of nitrogens with zero attached hydrogens (tertiary/aromatic N) is 4. The van der Waals surface area contributed by atoms with Gasteiger partial charge in [-0.05, 0) is 19.3 Å². The maximum absolute atomic E-state index is 12.8. The Morgan fingerprint density at radius 3 is 2.65 bits per heavy atom. The number of H-pyrrole nitrogens is 1. The van der Waals surface area contributed by atoms with E-state index in [4.69, 9.17) is 5.73 Å². The summed E-state index contributed by atoms with van der Waals surface area (Å²) in [5.74, 6) is -0.394. The monoisotopic (exact) mass is 466 g/mol. The lowest BCUT2D eigenvalue weighted by atomic mass is 10.1. The van der Waals surface area contributed by atoms with Crippen LogP contribution in [0.3, 0.4) is 0 Å². The molecule has 3 N–H and O–H groups in total. The van der Waals surface area contributed by atoms with E-state index < -0.39 is 26.9 Å². The molecule has 0 spiro atoms. The molecule has 2 aromatic heterocycles. The van der Waals surface area contributed by atoms with Crippen molar-refractivity contribution < 1.29 is 13.2 Å². The number of sulfone groups is 1. The second-order valence-corrected chi connectivity index (χ2v) is 10.8. The van der Waals surface area contributed by atoms with Crippen molar-refractivity contribution in [2.75, 3.05) is 23.0 Å². The first-order valence-corrected chi connectivity index (χ1v) is 12.6. The van der Waals surface area contributed by atoms with E-state index in [9.17, 15) is 22.8 Å². The molecular formula is C18H22N6O5S2. The van der Waals surface area contributed by atoms with Crippen LogP contribution in [0.2, 0.25) is 0 Å². The molecule has 0 unspecified atom stereocenters. The first-order chi connectivity index (χ1) is 14.7. The number of anilines is 1. The van der Waals surface area contributed by atoms with E-state index in [0.717, 1.165) is 24.6 Å². The number of rotatable bonds is 8. The minimum Gasteiger partial charge on any atom is -0.384 e. The minimum atomic E-state index is -3.09. The minimum absolute atomic E-state index is 0.0144. The van der Waals surface area contributed by atoms with Crippen LogP contribution in [0.1, 0.15) is 47.4 Å². The van der Waals surface area contributed by atoms with Gasteiger partial charge < -0.3 is 10.3 Å². The summed E-state index contributed by atoms with van der Waals surface area (Å²) in [6.07, 6.45) is 3.64. The maximum atomic E-state index is 12.8. The molecular weight excluding hydrogens is 444 g/mol. The molecule has 1 aliphatic heterocycles. The number of carbonyl (C=O) groups excluding carboxylic acids is 1. The number of allylic oxidation sites excluding steroid dienone is 1. The first kappa shape index (κ1) is 21.6. The largest absolute Gasteiger partial charge is 0.384 e. The molecule has 0 amide bonds. The van der Waals surface area contributed by atoms with Crippen molar-refractivity contribution in [3.05, 3.63) is 44.9 Å². The fraction of sp³-hybridized carbons (Fsp3) is 0.500. The summed E-state index contributed by atoms with van der Waals surface area (Å²) in [6.45, 7) is 4.07. The van der Waals surface area contributed by atoms with Crippen LogP contribution in [0.4, 0.5) is 5.82 Å². The number of nitrogens with two attached hydrogens (primary N) is 1. The zero-order valence-corrected chi connectivity index (χ0v) is 18.2. The number of nitrogens with one attached hydrogen (secondary N) is 1. The first-order valence-electron chi connectivity index (χ1n) is 9.76. The highest BCUT2D eigenvalue weighted by atomic mass is 32.2. The van der Waals surface area contributed by atoms with Crippen molar-refractivity contribution >= 4 is 33.2 Å². The van der Waals surface area contributed by atoms with Crippen LogP contribution in [0, 0.1) is 0 Å². The van der Waals surface area contributed by atoms with Gasteiger partial charge in [0.2, 0.25) is 0 Å². The average Bonchev–Trinajstić information content (AvgIpc) is 3.33. The molecule has 0 aromatic carbocycles. The lowest BCUT2D eigenvalue weighted by Gasteiger charge is -2.12. The highest BCUT2D eigenvalue weighted by Gasteiger charge is 2.33. The third-order valence-electron chi connectivity index (χ3n) is 5.36. The zero-order valence-electron chi connectivity index (χ0n) is 16.6. The molecule has 1 atom stereocenters. The Labute approximate surface area is 181 Å². The molecule has 1 saturated carbocycles. The van der Waals surface area contributed by atoms with Crippen LogP contribution in [-0.4, -0.2) is 55.8 Å². The van der Waals surface area contributed by atoms with Crippen molar-refractivity contribution in [3.8, 4) is 0 Å². The molecule has 2 fully saturated rings. The molecule has 2 aromatic rings. The topological polar surface area (TPSA) is 163 Å². The van der Waals surface area contributed by atoms with Gasteiger partial charge in [-0.1, -0.05) is 17.8 Å². The maximum Gasteiger partial charge on any atom is 0.330 e. The Morgan fingerprint density at radius 2 is 2.03 bits per heavy atom. The predicted molar refractivity (Wildman–Crippen MR) is 115 cm³/mol. The summed E-state index contributed by atoms with van der Waals surface area (Å²) in [4.78, 5) is 39.2. The van der Waals surface area contributed by atoms with E-state index in [0.29, 0.717) is 23.9 Å². The average molecular weight is 467 g/mol.